The van der Waals surface area contributed by atoms with Crippen LogP contribution in [-0.4, -0.2) is 23.6 Å². The van der Waals surface area contributed by atoms with Crippen molar-refractivity contribution in [1.82, 2.24) is 9.55 Å². The van der Waals surface area contributed by atoms with E-state index in [2.05, 4.69) is 4.98 Å². The number of halogens is 1. The number of anilines is 1. The van der Waals surface area contributed by atoms with E-state index in [-0.39, 0.29) is 23.5 Å². The highest BCUT2D eigenvalue weighted by molar-refractivity contribution is 5.62. The summed E-state index contributed by atoms with van der Waals surface area (Å²) in [7, 11) is 3.62. The number of nitrogens with zero attached hydrogens (tertiary/aromatic N) is 3. The van der Waals surface area contributed by atoms with Crippen molar-refractivity contribution in [1.29, 1.82) is 0 Å². The molecule has 3 aromatic carbocycles. The normalized spacial score (nSPS) is 10.8. The Kier molecular flexibility index (Phi) is 7.07. The molecule has 4 aromatic rings. The number of hydrogen-bond acceptors (Lipinski definition) is 4. The number of ether oxygens (including phenoxy) is 1. The van der Waals surface area contributed by atoms with Crippen molar-refractivity contribution in [3.05, 3.63) is 112 Å². The number of hydrogen-bond donors (Lipinski definition) is 0. The first-order valence-electron chi connectivity index (χ1n) is 11.2. The molecule has 0 saturated heterocycles. The highest BCUT2D eigenvalue weighted by Gasteiger charge is 2.21. The summed E-state index contributed by atoms with van der Waals surface area (Å²) in [6.45, 7) is 2.39. The molecule has 0 aliphatic rings. The molecule has 0 saturated carbocycles. The third-order valence-electron chi connectivity index (χ3n) is 5.68. The molecule has 0 N–H and O–H groups in total. The van der Waals surface area contributed by atoms with Gasteiger partial charge in [-0.05, 0) is 36.6 Å². The third kappa shape index (κ3) is 5.01. The van der Waals surface area contributed by atoms with Gasteiger partial charge in [0.05, 0.1) is 11.3 Å². The summed E-state index contributed by atoms with van der Waals surface area (Å²) in [6, 6.07) is 24.5. The van der Waals surface area contributed by atoms with Crippen molar-refractivity contribution in [2.75, 3.05) is 19.0 Å². The van der Waals surface area contributed by atoms with Crippen LogP contribution in [0.15, 0.2) is 83.7 Å². The van der Waals surface area contributed by atoms with E-state index in [9.17, 15) is 4.79 Å². The Morgan fingerprint density at radius 3 is 2.21 bits per heavy atom. The van der Waals surface area contributed by atoms with Gasteiger partial charge in [0.1, 0.15) is 18.1 Å². The van der Waals surface area contributed by atoms with Crippen LogP contribution in [0.5, 0.6) is 5.75 Å². The Hall–Kier alpha value is -3.93. The van der Waals surface area contributed by atoms with E-state index in [0.717, 1.165) is 11.1 Å². The highest BCUT2D eigenvalue weighted by atomic mass is 19.1. The summed E-state index contributed by atoms with van der Waals surface area (Å²) < 4.78 is 23.0. The largest absolute Gasteiger partial charge is 0.486 e. The van der Waals surface area contributed by atoms with Crippen molar-refractivity contribution in [2.24, 2.45) is 0 Å². The van der Waals surface area contributed by atoms with E-state index < -0.39 is 5.82 Å². The Morgan fingerprint density at radius 2 is 1.56 bits per heavy atom. The van der Waals surface area contributed by atoms with Crippen molar-refractivity contribution in [3.8, 4) is 17.1 Å². The predicted molar refractivity (Wildman–Crippen MR) is 134 cm³/mol. The van der Waals surface area contributed by atoms with E-state index >= 15 is 4.39 Å². The first-order valence-corrected chi connectivity index (χ1v) is 11.2. The van der Waals surface area contributed by atoms with Crippen LogP contribution in [0.2, 0.25) is 0 Å². The van der Waals surface area contributed by atoms with Gasteiger partial charge < -0.3 is 9.64 Å². The van der Waals surface area contributed by atoms with E-state index in [1.807, 2.05) is 74.8 Å². The minimum Gasteiger partial charge on any atom is -0.486 e. The predicted octanol–water partition coefficient (Wildman–Crippen LogP) is 5.25. The number of benzene rings is 3. The van der Waals surface area contributed by atoms with Gasteiger partial charge in [0.25, 0.3) is 5.56 Å². The topological polar surface area (TPSA) is 47.4 Å². The van der Waals surface area contributed by atoms with Crippen molar-refractivity contribution in [3.63, 3.8) is 0 Å². The fraction of sp³-hybridized carbons (Fsp3) is 0.214. The first-order chi connectivity index (χ1) is 16.5. The molecule has 5 nitrogen and oxygen atoms in total. The molecule has 1 heterocycles. The SMILES string of the molecule is Cc1nc(-c2cccc(OCc3ccccc3)c2F)n(CCc2ccccc2)c(=O)c1N(C)C. The molecular weight excluding hydrogens is 429 g/mol. The maximum Gasteiger partial charge on any atom is 0.277 e. The lowest BCUT2D eigenvalue weighted by Crippen LogP contribution is -2.31. The second kappa shape index (κ2) is 10.3. The minimum atomic E-state index is -0.532. The zero-order chi connectivity index (χ0) is 24.1. The second-order valence-corrected chi connectivity index (χ2v) is 8.35. The summed E-state index contributed by atoms with van der Waals surface area (Å²) in [5, 5.41) is 0. The van der Waals surface area contributed by atoms with Crippen LogP contribution in [0.4, 0.5) is 10.1 Å². The van der Waals surface area contributed by atoms with Crippen LogP contribution in [-0.2, 0) is 19.6 Å². The van der Waals surface area contributed by atoms with Crippen molar-refractivity contribution in [2.45, 2.75) is 26.5 Å². The molecule has 0 fully saturated rings. The Balaban J connectivity index is 1.74. The monoisotopic (exact) mass is 457 g/mol. The minimum absolute atomic E-state index is 0.125. The average Bonchev–Trinajstić information content (AvgIpc) is 2.84. The van der Waals surface area contributed by atoms with Crippen molar-refractivity contribution < 1.29 is 9.13 Å². The Labute approximate surface area is 199 Å². The zero-order valence-electron chi connectivity index (χ0n) is 19.7. The van der Waals surface area contributed by atoms with Crippen LogP contribution in [0.1, 0.15) is 16.8 Å². The Morgan fingerprint density at radius 1 is 0.912 bits per heavy atom. The van der Waals surface area contributed by atoms with Gasteiger partial charge in [0, 0.05) is 20.6 Å². The standard InChI is InChI=1S/C28H28FN3O2/c1-20-26(31(2)3)28(33)32(18-17-21-11-6-4-7-12-21)27(30-20)23-15-10-16-24(25(23)29)34-19-22-13-8-5-9-14-22/h4-16H,17-19H2,1-3H3. The third-order valence-corrected chi connectivity index (χ3v) is 5.68. The molecule has 6 heteroatoms. The van der Waals surface area contributed by atoms with Crippen LogP contribution < -0.4 is 15.2 Å². The maximum atomic E-state index is 15.6. The summed E-state index contributed by atoms with van der Waals surface area (Å²) in [5.41, 5.74) is 3.12. The van der Waals surface area contributed by atoms with Gasteiger partial charge in [-0.25, -0.2) is 9.37 Å². The maximum absolute atomic E-state index is 15.6. The van der Waals surface area contributed by atoms with Crippen LogP contribution >= 0.6 is 0 Å². The number of aryl methyl sites for hydroxylation is 2. The van der Waals surface area contributed by atoms with Gasteiger partial charge in [-0.3, -0.25) is 9.36 Å². The van der Waals surface area contributed by atoms with Gasteiger partial charge in [0.2, 0.25) is 0 Å². The zero-order valence-corrected chi connectivity index (χ0v) is 19.7. The quantitative estimate of drug-likeness (QED) is 0.363. The smallest absolute Gasteiger partial charge is 0.277 e. The van der Waals surface area contributed by atoms with Crippen LogP contribution in [0, 0.1) is 12.7 Å². The lowest BCUT2D eigenvalue weighted by Gasteiger charge is -2.20. The molecule has 0 aliphatic heterocycles. The molecule has 174 valence electrons. The molecule has 0 atom stereocenters. The van der Waals surface area contributed by atoms with Gasteiger partial charge in [-0.15, -0.1) is 0 Å². The van der Waals surface area contributed by atoms with Gasteiger partial charge in [-0.2, -0.15) is 0 Å². The molecule has 4 rings (SSSR count). The molecule has 0 radical (unpaired) electrons. The number of aromatic nitrogens is 2. The average molecular weight is 458 g/mol. The fourth-order valence-corrected chi connectivity index (χ4v) is 3.99. The highest BCUT2D eigenvalue weighted by Crippen LogP contribution is 2.29. The van der Waals surface area contributed by atoms with Crippen LogP contribution in [0.3, 0.4) is 0 Å². The molecule has 34 heavy (non-hydrogen) atoms. The second-order valence-electron chi connectivity index (χ2n) is 8.35. The van der Waals surface area contributed by atoms with E-state index in [1.54, 1.807) is 34.6 Å². The lowest BCUT2D eigenvalue weighted by atomic mass is 10.1. The van der Waals surface area contributed by atoms with Gasteiger partial charge in [-0.1, -0.05) is 66.7 Å². The van der Waals surface area contributed by atoms with Crippen LogP contribution in [0.25, 0.3) is 11.4 Å². The molecule has 0 bridgehead atoms. The van der Waals surface area contributed by atoms with Gasteiger partial charge >= 0.3 is 0 Å². The van der Waals surface area contributed by atoms with Gasteiger partial charge in [0.15, 0.2) is 11.6 Å². The Bertz CT molecular complexity index is 1320. The first kappa shape index (κ1) is 23.2. The summed E-state index contributed by atoms with van der Waals surface area (Å²) in [5.74, 6) is -0.109. The van der Waals surface area contributed by atoms with Crippen molar-refractivity contribution >= 4 is 5.69 Å². The molecule has 0 aliphatic carbocycles. The molecular formula is C28H28FN3O2. The summed E-state index contributed by atoms with van der Waals surface area (Å²) in [4.78, 5) is 19.9. The summed E-state index contributed by atoms with van der Waals surface area (Å²) in [6.07, 6.45) is 0.622. The van der Waals surface area contributed by atoms with E-state index in [0.29, 0.717) is 30.2 Å². The molecule has 0 spiro atoms. The molecule has 0 unspecified atom stereocenters. The fourth-order valence-electron chi connectivity index (χ4n) is 3.99. The molecule has 1 aromatic heterocycles. The number of rotatable bonds is 8. The van der Waals surface area contributed by atoms with E-state index in [1.165, 1.54) is 0 Å². The van der Waals surface area contributed by atoms with E-state index in [4.69, 9.17) is 4.74 Å². The summed E-state index contributed by atoms with van der Waals surface area (Å²) >= 11 is 0. The lowest BCUT2D eigenvalue weighted by molar-refractivity contribution is 0.290. The molecule has 0 amide bonds.